The van der Waals surface area contributed by atoms with Crippen LogP contribution in [0.3, 0.4) is 0 Å². The molecule has 0 bridgehead atoms. The molecule has 48 heavy (non-hydrogen) atoms. The highest BCUT2D eigenvalue weighted by atomic mass is 35.5. The van der Waals surface area contributed by atoms with Crippen molar-refractivity contribution in [2.75, 3.05) is 32.5 Å². The number of alkyl halides is 2. The maximum absolute atomic E-state index is 15.6. The molecule has 2 fully saturated rings. The van der Waals surface area contributed by atoms with Crippen molar-refractivity contribution in [2.45, 2.75) is 112 Å². The third kappa shape index (κ3) is 9.39. The van der Waals surface area contributed by atoms with E-state index in [1.54, 1.807) is 13.8 Å². The molecule has 2 atom stereocenters. The van der Waals surface area contributed by atoms with Crippen LogP contribution in [0.15, 0.2) is 18.2 Å². The van der Waals surface area contributed by atoms with Crippen LogP contribution in [0.1, 0.15) is 95.5 Å². The summed E-state index contributed by atoms with van der Waals surface area (Å²) in [6.45, 7) is 22.2. The average molecular weight is 691 g/mol. The van der Waals surface area contributed by atoms with E-state index in [-0.39, 0.29) is 39.2 Å². The van der Waals surface area contributed by atoms with E-state index in [1.165, 1.54) is 83.8 Å². The largest absolute Gasteiger partial charge is 0.467 e. The predicted octanol–water partition coefficient (Wildman–Crippen LogP) is 9.33. The van der Waals surface area contributed by atoms with Gasteiger partial charge in [0.05, 0.1) is 34.6 Å². The van der Waals surface area contributed by atoms with E-state index in [4.69, 9.17) is 22.1 Å². The lowest BCUT2D eigenvalue weighted by atomic mass is 9.94. The molecule has 2 aliphatic heterocycles. The lowest BCUT2D eigenvalue weighted by molar-refractivity contribution is 0.0172. The summed E-state index contributed by atoms with van der Waals surface area (Å²) in [6.07, 6.45) is 7.91. The minimum atomic E-state index is -3.29. The fourth-order valence-electron chi connectivity index (χ4n) is 6.51. The van der Waals surface area contributed by atoms with Gasteiger partial charge in [-0.2, -0.15) is 9.97 Å². The van der Waals surface area contributed by atoms with Crippen molar-refractivity contribution in [1.29, 1.82) is 0 Å². The van der Waals surface area contributed by atoms with Crippen LogP contribution in [-0.2, 0) is 5.92 Å². The number of nitrogens with zero attached hydrogens (tertiary/aromatic N) is 4. The Hall–Kier alpha value is -2.95. The molecule has 0 radical (unpaired) electrons. The monoisotopic (exact) mass is 690 g/mol. The Morgan fingerprint density at radius 3 is 2.38 bits per heavy atom. The summed E-state index contributed by atoms with van der Waals surface area (Å²) in [5, 5.41) is 3.91. The minimum absolute atomic E-state index is 0.0230. The Labute approximate surface area is 289 Å². The first-order valence-electron chi connectivity index (χ1n) is 17.1. The standard InChI is InChI=1S/C19H18ClF3N4O.C10H23N.C8H13N/c1-7-6-10(24)26-16(13(7)19(4,22)23)12-14(20)8(2)11-9(3)25-18(28-5)27-17(11)15(12)21;1-5-9(4)8-11-10(6-2)7-3;1-7-5-8-3-2-4-9(8)6-7/h6H,1-5H3,(H2,24,26);9-11H,5-8H2,1-4H3;8H,1-6H2/t;9-;/m.1./s1. The van der Waals surface area contributed by atoms with E-state index >= 15 is 4.39 Å². The molecular weight excluding hydrogens is 637 g/mol. The van der Waals surface area contributed by atoms with Crippen molar-refractivity contribution < 1.29 is 17.9 Å². The van der Waals surface area contributed by atoms with Gasteiger partial charge >= 0.3 is 6.01 Å². The Bertz CT molecular complexity index is 1560. The van der Waals surface area contributed by atoms with E-state index in [9.17, 15) is 8.78 Å². The number of rotatable bonds is 9. The molecule has 11 heteroatoms. The normalized spacial score (nSPS) is 16.8. The van der Waals surface area contributed by atoms with Crippen LogP contribution in [-0.4, -0.2) is 58.7 Å². The minimum Gasteiger partial charge on any atom is -0.467 e. The van der Waals surface area contributed by atoms with Crippen LogP contribution < -0.4 is 15.8 Å². The van der Waals surface area contributed by atoms with Gasteiger partial charge in [0, 0.05) is 30.9 Å². The maximum atomic E-state index is 15.6. The fraction of sp³-hybridized carbons (Fsp3) is 0.595. The number of fused-ring (bicyclic) bond motifs is 2. The van der Waals surface area contributed by atoms with Crippen LogP contribution in [0, 0.1) is 32.5 Å². The second kappa shape index (κ2) is 17.1. The zero-order valence-electron chi connectivity index (χ0n) is 30.2. The van der Waals surface area contributed by atoms with Crippen LogP contribution in [0.2, 0.25) is 5.02 Å². The lowest BCUT2D eigenvalue weighted by Gasteiger charge is -2.21. The zero-order chi connectivity index (χ0) is 35.9. The quantitative estimate of drug-likeness (QED) is 0.216. The van der Waals surface area contributed by atoms with Gasteiger partial charge in [0.15, 0.2) is 5.82 Å². The summed E-state index contributed by atoms with van der Waals surface area (Å²) < 4.78 is 49.3. The van der Waals surface area contributed by atoms with Gasteiger partial charge < -0.3 is 15.8 Å². The van der Waals surface area contributed by atoms with Crippen LogP contribution in [0.4, 0.5) is 19.0 Å². The molecule has 3 aromatic rings. The number of aromatic nitrogens is 3. The maximum Gasteiger partial charge on any atom is 0.316 e. The number of hydrogen-bond acceptors (Lipinski definition) is 7. The smallest absolute Gasteiger partial charge is 0.316 e. The number of ether oxygens (including phenoxy) is 1. The predicted molar refractivity (Wildman–Crippen MR) is 193 cm³/mol. The Morgan fingerprint density at radius 1 is 1.15 bits per heavy atom. The van der Waals surface area contributed by atoms with Crippen molar-refractivity contribution in [3.63, 3.8) is 0 Å². The molecular formula is C37H54ClF3N6O. The van der Waals surface area contributed by atoms with E-state index < -0.39 is 17.3 Å². The van der Waals surface area contributed by atoms with Crippen LogP contribution >= 0.6 is 11.6 Å². The Kier molecular flexibility index (Phi) is 14.1. The van der Waals surface area contributed by atoms with Crippen molar-refractivity contribution in [2.24, 2.45) is 5.92 Å². The summed E-state index contributed by atoms with van der Waals surface area (Å²) in [5.74, 6) is -3.38. The van der Waals surface area contributed by atoms with E-state index in [1.807, 2.05) is 0 Å². The Morgan fingerprint density at radius 2 is 1.81 bits per heavy atom. The number of anilines is 1. The summed E-state index contributed by atoms with van der Waals surface area (Å²) >= 11 is 6.43. The highest BCUT2D eigenvalue weighted by Crippen LogP contribution is 2.44. The molecule has 0 spiro atoms. The topological polar surface area (TPSA) is 89.2 Å². The Balaban J connectivity index is 0.000000253. The number of aryl methyl sites for hydroxylation is 3. The fourth-order valence-corrected chi connectivity index (χ4v) is 6.78. The van der Waals surface area contributed by atoms with Crippen molar-refractivity contribution >= 4 is 28.3 Å². The first kappa shape index (κ1) is 39.5. The zero-order valence-corrected chi connectivity index (χ0v) is 30.9. The molecule has 1 aromatic carbocycles. The number of nitrogens with one attached hydrogen (secondary N) is 1. The number of halogens is 4. The second-order valence-electron chi connectivity index (χ2n) is 13.3. The number of hydrogen-bond donors (Lipinski definition) is 2. The van der Waals surface area contributed by atoms with Crippen molar-refractivity contribution in [1.82, 2.24) is 25.2 Å². The summed E-state index contributed by atoms with van der Waals surface area (Å²) in [6, 6.07) is 2.89. The van der Waals surface area contributed by atoms with Gasteiger partial charge in [0.25, 0.3) is 5.92 Å². The SMILES string of the molecule is C=C1CC2CCCN2C1.CCC(CC)NC[C@H](C)CC.COc1nc(C)c2c(C)c(Cl)c(-c3nc(N)cc(C)c3C(C)(F)F)c(F)c2n1. The second-order valence-corrected chi connectivity index (χ2v) is 13.7. The molecule has 4 heterocycles. The van der Waals surface area contributed by atoms with Gasteiger partial charge in [-0.05, 0) is 89.1 Å². The molecule has 2 aromatic heterocycles. The molecule has 266 valence electrons. The third-order valence-electron chi connectivity index (χ3n) is 9.40. The molecule has 1 unspecified atom stereocenters. The molecule has 3 N–H and O–H groups in total. The molecule has 5 rings (SSSR count). The van der Waals surface area contributed by atoms with Crippen LogP contribution in [0.25, 0.3) is 22.2 Å². The van der Waals surface area contributed by atoms with Gasteiger partial charge in [-0.1, -0.05) is 57.9 Å². The third-order valence-corrected chi connectivity index (χ3v) is 9.88. The van der Waals surface area contributed by atoms with Gasteiger partial charge in [-0.3, -0.25) is 4.90 Å². The van der Waals surface area contributed by atoms with Crippen molar-refractivity contribution in [3.05, 3.63) is 51.4 Å². The van der Waals surface area contributed by atoms with E-state index in [0.717, 1.165) is 18.0 Å². The van der Waals surface area contributed by atoms with Gasteiger partial charge in [-0.25, -0.2) is 18.2 Å². The molecule has 0 amide bonds. The highest BCUT2D eigenvalue weighted by Gasteiger charge is 2.35. The van der Waals surface area contributed by atoms with Gasteiger partial charge in [0.1, 0.15) is 11.3 Å². The highest BCUT2D eigenvalue weighted by molar-refractivity contribution is 6.35. The molecule has 2 aliphatic rings. The lowest BCUT2D eigenvalue weighted by Crippen LogP contribution is -2.31. The number of benzene rings is 1. The number of pyridine rings is 1. The molecule has 7 nitrogen and oxygen atoms in total. The van der Waals surface area contributed by atoms with E-state index in [0.29, 0.717) is 23.6 Å². The average Bonchev–Trinajstić information content (AvgIpc) is 3.60. The first-order chi connectivity index (χ1) is 22.6. The van der Waals surface area contributed by atoms with Gasteiger partial charge in [-0.15, -0.1) is 0 Å². The summed E-state index contributed by atoms with van der Waals surface area (Å²) in [7, 11) is 1.35. The summed E-state index contributed by atoms with van der Waals surface area (Å²) in [4.78, 5) is 14.8. The van der Waals surface area contributed by atoms with Crippen LogP contribution in [0.5, 0.6) is 6.01 Å². The molecule has 0 saturated carbocycles. The van der Waals surface area contributed by atoms with Crippen molar-refractivity contribution in [3.8, 4) is 17.3 Å². The molecule has 2 saturated heterocycles. The number of nitrogens with two attached hydrogens (primary N) is 1. The number of methoxy groups -OCH3 is 1. The van der Waals surface area contributed by atoms with E-state index in [2.05, 4.69) is 59.4 Å². The summed E-state index contributed by atoms with van der Waals surface area (Å²) in [5.41, 5.74) is 7.15. The molecule has 0 aliphatic carbocycles. The van der Waals surface area contributed by atoms with Gasteiger partial charge in [0.2, 0.25) is 0 Å². The first-order valence-corrected chi connectivity index (χ1v) is 17.4. The number of nitrogen functional groups attached to an aromatic ring is 1.